The summed E-state index contributed by atoms with van der Waals surface area (Å²) in [5, 5.41) is 0. The molecule has 1 atom stereocenters. The molecule has 2 aliphatic rings. The predicted molar refractivity (Wildman–Crippen MR) is 73.4 cm³/mol. The first-order valence-corrected chi connectivity index (χ1v) is 7.22. The normalized spacial score (nSPS) is 29.6. The predicted octanol–water partition coefficient (Wildman–Crippen LogP) is 1.50. The summed E-state index contributed by atoms with van der Waals surface area (Å²) in [7, 11) is 4.44. The third-order valence-corrected chi connectivity index (χ3v) is 4.67. The standard InChI is InChI=1S/C14H29N3/c1-12(2)17-10-7-14(11-17)16-8-5-13(6-9-16)15(3)4/h12-14H,5-11H2,1-4H3. The van der Waals surface area contributed by atoms with Crippen LogP contribution >= 0.6 is 0 Å². The summed E-state index contributed by atoms with van der Waals surface area (Å²) in [6.45, 7) is 9.85. The molecule has 2 fully saturated rings. The molecule has 2 heterocycles. The Morgan fingerprint density at radius 2 is 1.65 bits per heavy atom. The monoisotopic (exact) mass is 239 g/mol. The Bertz CT molecular complexity index is 232. The van der Waals surface area contributed by atoms with E-state index in [-0.39, 0.29) is 0 Å². The molecule has 17 heavy (non-hydrogen) atoms. The smallest absolute Gasteiger partial charge is 0.0235 e. The van der Waals surface area contributed by atoms with Crippen molar-refractivity contribution in [1.29, 1.82) is 0 Å². The third-order valence-electron chi connectivity index (χ3n) is 4.67. The van der Waals surface area contributed by atoms with E-state index in [2.05, 4.69) is 42.6 Å². The Balaban J connectivity index is 1.78. The molecule has 0 aliphatic carbocycles. The van der Waals surface area contributed by atoms with E-state index < -0.39 is 0 Å². The minimum absolute atomic E-state index is 0.722. The van der Waals surface area contributed by atoms with Crippen LogP contribution in [-0.4, -0.2) is 73.1 Å². The van der Waals surface area contributed by atoms with Gasteiger partial charge in [-0.05, 0) is 60.3 Å². The Morgan fingerprint density at radius 1 is 1.00 bits per heavy atom. The molecule has 2 rings (SSSR count). The summed E-state index contributed by atoms with van der Waals surface area (Å²) < 4.78 is 0. The molecule has 2 saturated heterocycles. The molecule has 0 aromatic rings. The lowest BCUT2D eigenvalue weighted by molar-refractivity contribution is 0.107. The van der Waals surface area contributed by atoms with Gasteiger partial charge in [0.2, 0.25) is 0 Å². The van der Waals surface area contributed by atoms with E-state index in [0.29, 0.717) is 0 Å². The van der Waals surface area contributed by atoms with Gasteiger partial charge in [-0.3, -0.25) is 9.80 Å². The summed E-state index contributed by atoms with van der Waals surface area (Å²) in [5.74, 6) is 0. The van der Waals surface area contributed by atoms with E-state index in [9.17, 15) is 0 Å². The summed E-state index contributed by atoms with van der Waals surface area (Å²) in [4.78, 5) is 7.76. The van der Waals surface area contributed by atoms with Crippen LogP contribution < -0.4 is 0 Å². The lowest BCUT2D eigenvalue weighted by Gasteiger charge is -2.38. The van der Waals surface area contributed by atoms with Gasteiger partial charge in [-0.15, -0.1) is 0 Å². The van der Waals surface area contributed by atoms with Gasteiger partial charge in [0, 0.05) is 31.2 Å². The maximum absolute atomic E-state index is 2.74. The largest absolute Gasteiger partial charge is 0.306 e. The number of hydrogen-bond donors (Lipinski definition) is 0. The van der Waals surface area contributed by atoms with E-state index in [0.717, 1.165) is 18.1 Å². The number of nitrogens with zero attached hydrogens (tertiary/aromatic N) is 3. The van der Waals surface area contributed by atoms with Crippen LogP contribution in [0.15, 0.2) is 0 Å². The van der Waals surface area contributed by atoms with Crippen molar-refractivity contribution in [3.63, 3.8) is 0 Å². The number of likely N-dealkylation sites (tertiary alicyclic amines) is 2. The molecular weight excluding hydrogens is 210 g/mol. The molecule has 0 radical (unpaired) electrons. The van der Waals surface area contributed by atoms with Crippen LogP contribution in [-0.2, 0) is 0 Å². The van der Waals surface area contributed by atoms with E-state index in [1.807, 2.05) is 0 Å². The zero-order valence-electron chi connectivity index (χ0n) is 12.0. The highest BCUT2D eigenvalue weighted by Gasteiger charge is 2.31. The third kappa shape index (κ3) is 3.21. The quantitative estimate of drug-likeness (QED) is 0.739. The van der Waals surface area contributed by atoms with Gasteiger partial charge in [0.1, 0.15) is 0 Å². The highest BCUT2D eigenvalue weighted by molar-refractivity contribution is 4.88. The van der Waals surface area contributed by atoms with Crippen molar-refractivity contribution in [1.82, 2.24) is 14.7 Å². The van der Waals surface area contributed by atoms with Crippen LogP contribution in [0.4, 0.5) is 0 Å². The van der Waals surface area contributed by atoms with Gasteiger partial charge in [-0.25, -0.2) is 0 Å². The molecule has 0 saturated carbocycles. The molecule has 0 aromatic carbocycles. The maximum Gasteiger partial charge on any atom is 0.0235 e. The Morgan fingerprint density at radius 3 is 2.12 bits per heavy atom. The van der Waals surface area contributed by atoms with Crippen LogP contribution in [0.1, 0.15) is 33.1 Å². The fourth-order valence-electron chi connectivity index (χ4n) is 3.30. The summed E-state index contributed by atoms with van der Waals surface area (Å²) in [6, 6.07) is 2.37. The van der Waals surface area contributed by atoms with Gasteiger partial charge in [-0.2, -0.15) is 0 Å². The molecule has 0 amide bonds. The Hall–Kier alpha value is -0.120. The van der Waals surface area contributed by atoms with Crippen molar-refractivity contribution in [3.8, 4) is 0 Å². The topological polar surface area (TPSA) is 9.72 Å². The number of rotatable bonds is 3. The average Bonchev–Trinajstić information content (AvgIpc) is 2.78. The van der Waals surface area contributed by atoms with Crippen molar-refractivity contribution in [2.45, 2.75) is 51.2 Å². The zero-order valence-corrected chi connectivity index (χ0v) is 12.0. The average molecular weight is 239 g/mol. The SMILES string of the molecule is CC(C)N1CCC(N2CCC(N(C)C)CC2)C1. The summed E-state index contributed by atoms with van der Waals surface area (Å²) in [5.41, 5.74) is 0. The van der Waals surface area contributed by atoms with E-state index in [1.54, 1.807) is 0 Å². The van der Waals surface area contributed by atoms with Gasteiger partial charge in [0.25, 0.3) is 0 Å². The zero-order chi connectivity index (χ0) is 12.4. The molecule has 3 heteroatoms. The van der Waals surface area contributed by atoms with E-state index in [1.165, 1.54) is 45.4 Å². The number of hydrogen-bond acceptors (Lipinski definition) is 3. The van der Waals surface area contributed by atoms with Crippen LogP contribution in [0.5, 0.6) is 0 Å². The minimum Gasteiger partial charge on any atom is -0.306 e. The van der Waals surface area contributed by atoms with Crippen molar-refractivity contribution in [2.24, 2.45) is 0 Å². The van der Waals surface area contributed by atoms with Gasteiger partial charge in [-0.1, -0.05) is 0 Å². The molecule has 0 N–H and O–H groups in total. The molecule has 3 nitrogen and oxygen atoms in total. The molecule has 0 bridgehead atoms. The van der Waals surface area contributed by atoms with Crippen molar-refractivity contribution in [2.75, 3.05) is 40.3 Å². The molecule has 0 spiro atoms. The molecule has 0 aromatic heterocycles. The maximum atomic E-state index is 2.74. The molecule has 1 unspecified atom stereocenters. The second kappa shape index (κ2) is 5.68. The lowest BCUT2D eigenvalue weighted by atomic mass is 10.0. The highest BCUT2D eigenvalue weighted by Crippen LogP contribution is 2.22. The molecular formula is C14H29N3. The molecule has 100 valence electrons. The minimum atomic E-state index is 0.722. The van der Waals surface area contributed by atoms with Crippen LogP contribution in [0.3, 0.4) is 0 Å². The van der Waals surface area contributed by atoms with Crippen LogP contribution in [0.25, 0.3) is 0 Å². The van der Waals surface area contributed by atoms with Gasteiger partial charge >= 0.3 is 0 Å². The first-order valence-electron chi connectivity index (χ1n) is 7.22. The van der Waals surface area contributed by atoms with E-state index >= 15 is 0 Å². The molecule has 2 aliphatic heterocycles. The first-order chi connectivity index (χ1) is 8.08. The summed E-state index contributed by atoms with van der Waals surface area (Å²) in [6.07, 6.45) is 4.08. The fraction of sp³-hybridized carbons (Fsp3) is 1.00. The van der Waals surface area contributed by atoms with Crippen LogP contribution in [0.2, 0.25) is 0 Å². The van der Waals surface area contributed by atoms with E-state index in [4.69, 9.17) is 0 Å². The Kier molecular flexibility index (Phi) is 4.45. The Labute approximate surface area is 107 Å². The number of piperidine rings is 1. The van der Waals surface area contributed by atoms with Gasteiger partial charge in [0.05, 0.1) is 0 Å². The van der Waals surface area contributed by atoms with Crippen LogP contribution in [0, 0.1) is 0 Å². The second-order valence-corrected chi connectivity index (χ2v) is 6.26. The van der Waals surface area contributed by atoms with Crippen molar-refractivity contribution in [3.05, 3.63) is 0 Å². The summed E-state index contributed by atoms with van der Waals surface area (Å²) >= 11 is 0. The lowest BCUT2D eigenvalue weighted by Crippen LogP contribution is -2.47. The van der Waals surface area contributed by atoms with Crippen molar-refractivity contribution < 1.29 is 0 Å². The fourth-order valence-corrected chi connectivity index (χ4v) is 3.30. The second-order valence-electron chi connectivity index (χ2n) is 6.26. The van der Waals surface area contributed by atoms with Gasteiger partial charge < -0.3 is 4.90 Å². The first kappa shape index (κ1) is 13.3. The highest BCUT2D eigenvalue weighted by atomic mass is 15.3. The van der Waals surface area contributed by atoms with Gasteiger partial charge in [0.15, 0.2) is 0 Å². The van der Waals surface area contributed by atoms with Crippen molar-refractivity contribution >= 4 is 0 Å².